The van der Waals surface area contributed by atoms with E-state index in [-0.39, 0.29) is 11.9 Å². The van der Waals surface area contributed by atoms with Gasteiger partial charge in [0.25, 0.3) is 0 Å². The lowest BCUT2D eigenvalue weighted by atomic mass is 10.1. The molecule has 1 aromatic rings. The second-order valence-corrected chi connectivity index (χ2v) is 5.29. The Balaban J connectivity index is 2.02. The molecule has 1 unspecified atom stereocenters. The molecular weight excluding hydrogens is 271 g/mol. The van der Waals surface area contributed by atoms with Crippen molar-refractivity contribution in [3.05, 3.63) is 34.1 Å². The van der Waals surface area contributed by atoms with E-state index in [4.69, 9.17) is 5.73 Å². The van der Waals surface area contributed by atoms with Gasteiger partial charge in [0.2, 0.25) is 0 Å². The van der Waals surface area contributed by atoms with E-state index in [1.54, 1.807) is 0 Å². The van der Waals surface area contributed by atoms with E-state index in [9.17, 15) is 4.39 Å². The van der Waals surface area contributed by atoms with Gasteiger partial charge in [-0.2, -0.15) is 0 Å². The molecule has 1 atom stereocenters. The summed E-state index contributed by atoms with van der Waals surface area (Å²) >= 11 is 3.26. The molecule has 2 nitrogen and oxygen atoms in total. The SMILES string of the molecule is NC1CCCN(Cc2ccc(Br)cc2F)C1. The monoisotopic (exact) mass is 286 g/mol. The highest BCUT2D eigenvalue weighted by Gasteiger charge is 2.17. The maximum Gasteiger partial charge on any atom is 0.128 e. The minimum Gasteiger partial charge on any atom is -0.327 e. The fourth-order valence-corrected chi connectivity index (χ4v) is 2.46. The van der Waals surface area contributed by atoms with Crippen molar-refractivity contribution in [2.75, 3.05) is 13.1 Å². The molecule has 1 aromatic carbocycles. The average Bonchev–Trinajstić information content (AvgIpc) is 2.22. The highest BCUT2D eigenvalue weighted by atomic mass is 79.9. The Morgan fingerprint density at radius 2 is 2.31 bits per heavy atom. The zero-order chi connectivity index (χ0) is 11.5. The second-order valence-electron chi connectivity index (χ2n) is 4.37. The van der Waals surface area contributed by atoms with Crippen molar-refractivity contribution >= 4 is 15.9 Å². The third-order valence-corrected chi connectivity index (χ3v) is 3.44. The summed E-state index contributed by atoms with van der Waals surface area (Å²) in [5.74, 6) is -0.145. The van der Waals surface area contributed by atoms with Crippen LogP contribution >= 0.6 is 15.9 Å². The summed E-state index contributed by atoms with van der Waals surface area (Å²) in [7, 11) is 0. The van der Waals surface area contributed by atoms with E-state index in [0.29, 0.717) is 6.54 Å². The van der Waals surface area contributed by atoms with Crippen LogP contribution in [0.4, 0.5) is 4.39 Å². The van der Waals surface area contributed by atoms with Gasteiger partial charge in [-0.15, -0.1) is 0 Å². The predicted molar refractivity (Wildman–Crippen MR) is 66.6 cm³/mol. The molecule has 0 radical (unpaired) electrons. The van der Waals surface area contributed by atoms with Crippen LogP contribution in [0.2, 0.25) is 0 Å². The largest absolute Gasteiger partial charge is 0.327 e. The molecule has 0 aromatic heterocycles. The van der Waals surface area contributed by atoms with Crippen LogP contribution in [0.15, 0.2) is 22.7 Å². The molecule has 0 bridgehead atoms. The molecule has 1 heterocycles. The highest BCUT2D eigenvalue weighted by molar-refractivity contribution is 9.10. The molecule has 4 heteroatoms. The van der Waals surface area contributed by atoms with Crippen LogP contribution in [0.25, 0.3) is 0 Å². The topological polar surface area (TPSA) is 29.3 Å². The second kappa shape index (κ2) is 5.25. The summed E-state index contributed by atoms with van der Waals surface area (Å²) in [6.45, 7) is 2.55. The number of benzene rings is 1. The quantitative estimate of drug-likeness (QED) is 0.905. The fourth-order valence-electron chi connectivity index (χ4n) is 2.13. The number of halogens is 2. The Morgan fingerprint density at radius 3 is 3.00 bits per heavy atom. The van der Waals surface area contributed by atoms with Gasteiger partial charge in [-0.3, -0.25) is 4.90 Å². The molecular formula is C12H16BrFN2. The molecule has 0 aliphatic carbocycles. The molecule has 0 amide bonds. The lowest BCUT2D eigenvalue weighted by molar-refractivity contribution is 0.199. The molecule has 1 saturated heterocycles. The Kier molecular flexibility index (Phi) is 3.95. The van der Waals surface area contributed by atoms with Crippen molar-refractivity contribution < 1.29 is 4.39 Å². The van der Waals surface area contributed by atoms with Gasteiger partial charge >= 0.3 is 0 Å². The van der Waals surface area contributed by atoms with Gasteiger partial charge in [0.05, 0.1) is 0 Å². The first-order valence-electron chi connectivity index (χ1n) is 5.57. The molecule has 0 saturated carbocycles. The lowest BCUT2D eigenvalue weighted by Gasteiger charge is -2.30. The Hall–Kier alpha value is -0.450. The van der Waals surface area contributed by atoms with E-state index in [0.717, 1.165) is 36.0 Å². The molecule has 1 fully saturated rings. The lowest BCUT2D eigenvalue weighted by Crippen LogP contribution is -2.42. The molecule has 16 heavy (non-hydrogen) atoms. The number of rotatable bonds is 2. The minimum absolute atomic E-state index is 0.145. The molecule has 2 rings (SSSR count). The van der Waals surface area contributed by atoms with Crippen molar-refractivity contribution in [1.29, 1.82) is 0 Å². The van der Waals surface area contributed by atoms with Crippen LogP contribution in [0.3, 0.4) is 0 Å². The maximum absolute atomic E-state index is 13.6. The van der Waals surface area contributed by atoms with Crippen LogP contribution in [0.1, 0.15) is 18.4 Å². The summed E-state index contributed by atoms with van der Waals surface area (Å²) in [6, 6.07) is 5.47. The highest BCUT2D eigenvalue weighted by Crippen LogP contribution is 2.18. The Labute approximate surface area is 104 Å². The summed E-state index contributed by atoms with van der Waals surface area (Å²) in [6.07, 6.45) is 2.19. The van der Waals surface area contributed by atoms with Crippen molar-refractivity contribution in [1.82, 2.24) is 4.90 Å². The van der Waals surface area contributed by atoms with E-state index in [1.165, 1.54) is 6.07 Å². The number of nitrogens with zero attached hydrogens (tertiary/aromatic N) is 1. The number of hydrogen-bond donors (Lipinski definition) is 1. The molecule has 1 aliphatic rings. The van der Waals surface area contributed by atoms with Crippen molar-refractivity contribution in [3.63, 3.8) is 0 Å². The maximum atomic E-state index is 13.6. The number of likely N-dealkylation sites (tertiary alicyclic amines) is 1. The standard InChI is InChI=1S/C12H16BrFN2/c13-10-4-3-9(12(14)6-10)7-16-5-1-2-11(15)8-16/h3-4,6,11H,1-2,5,7-8,15H2. The number of hydrogen-bond acceptors (Lipinski definition) is 2. The normalized spacial score (nSPS) is 22.3. The zero-order valence-electron chi connectivity index (χ0n) is 9.13. The fraction of sp³-hybridized carbons (Fsp3) is 0.500. The molecule has 2 N–H and O–H groups in total. The van der Waals surface area contributed by atoms with Crippen LogP contribution in [-0.2, 0) is 6.54 Å². The smallest absolute Gasteiger partial charge is 0.128 e. The van der Waals surface area contributed by atoms with Crippen LogP contribution in [0, 0.1) is 5.82 Å². The van der Waals surface area contributed by atoms with Gasteiger partial charge in [-0.05, 0) is 31.5 Å². The third kappa shape index (κ3) is 3.03. The summed E-state index contributed by atoms with van der Waals surface area (Å²) in [5.41, 5.74) is 6.65. The van der Waals surface area contributed by atoms with E-state index in [1.807, 2.05) is 12.1 Å². The summed E-state index contributed by atoms with van der Waals surface area (Å²) in [5, 5.41) is 0. The van der Waals surface area contributed by atoms with E-state index >= 15 is 0 Å². The van der Waals surface area contributed by atoms with E-state index in [2.05, 4.69) is 20.8 Å². The summed E-state index contributed by atoms with van der Waals surface area (Å²) in [4.78, 5) is 2.22. The van der Waals surface area contributed by atoms with Crippen LogP contribution < -0.4 is 5.73 Å². The first-order chi connectivity index (χ1) is 7.65. The van der Waals surface area contributed by atoms with Gasteiger partial charge in [0.15, 0.2) is 0 Å². The summed E-state index contributed by atoms with van der Waals surface area (Å²) < 4.78 is 14.4. The van der Waals surface area contributed by atoms with Crippen molar-refractivity contribution in [2.45, 2.75) is 25.4 Å². The van der Waals surface area contributed by atoms with Gasteiger partial charge in [0.1, 0.15) is 5.82 Å². The Morgan fingerprint density at radius 1 is 1.50 bits per heavy atom. The minimum atomic E-state index is -0.145. The van der Waals surface area contributed by atoms with Crippen molar-refractivity contribution in [2.24, 2.45) is 5.73 Å². The van der Waals surface area contributed by atoms with Crippen molar-refractivity contribution in [3.8, 4) is 0 Å². The van der Waals surface area contributed by atoms with Crippen LogP contribution in [-0.4, -0.2) is 24.0 Å². The van der Waals surface area contributed by atoms with Gasteiger partial charge in [-0.25, -0.2) is 4.39 Å². The number of nitrogens with two attached hydrogens (primary N) is 1. The molecule has 1 aliphatic heterocycles. The Bertz CT molecular complexity index is 370. The van der Waals surface area contributed by atoms with Crippen LogP contribution in [0.5, 0.6) is 0 Å². The zero-order valence-corrected chi connectivity index (χ0v) is 10.7. The van der Waals surface area contributed by atoms with Gasteiger partial charge in [-0.1, -0.05) is 22.0 Å². The first-order valence-corrected chi connectivity index (χ1v) is 6.36. The molecule has 0 spiro atoms. The van der Waals surface area contributed by atoms with Gasteiger partial charge < -0.3 is 5.73 Å². The van der Waals surface area contributed by atoms with E-state index < -0.39 is 0 Å². The average molecular weight is 287 g/mol. The third-order valence-electron chi connectivity index (χ3n) is 2.95. The predicted octanol–water partition coefficient (Wildman–Crippen LogP) is 2.51. The first kappa shape index (κ1) is 12.0. The number of piperidine rings is 1. The van der Waals surface area contributed by atoms with Gasteiger partial charge in [0, 0.05) is 29.2 Å². The molecule has 88 valence electrons.